The van der Waals surface area contributed by atoms with Crippen LogP contribution in [0.5, 0.6) is 0 Å². The Kier molecular flexibility index (Phi) is 4.34. The van der Waals surface area contributed by atoms with Crippen LogP contribution in [0.15, 0.2) is 0 Å². The van der Waals surface area contributed by atoms with Gasteiger partial charge >= 0.3 is 0 Å². The predicted molar refractivity (Wildman–Crippen MR) is 40.1 cm³/mol. The minimum Gasteiger partial charge on any atom is -0.369 e. The van der Waals surface area contributed by atoms with Gasteiger partial charge in [-0.15, -0.1) is 12.3 Å². The fourth-order valence-corrected chi connectivity index (χ4v) is 0.524. The monoisotopic (exact) mass is 140 g/mol. The zero-order valence-electron chi connectivity index (χ0n) is 6.05. The van der Waals surface area contributed by atoms with E-state index in [4.69, 9.17) is 12.2 Å². The molecule has 1 unspecified atom stereocenters. The summed E-state index contributed by atoms with van der Waals surface area (Å²) in [5.41, 5.74) is 4.88. The first-order valence-corrected chi connectivity index (χ1v) is 3.12. The van der Waals surface area contributed by atoms with Crippen LogP contribution in [-0.4, -0.2) is 18.5 Å². The molecular weight excluding hydrogens is 128 g/mol. The van der Waals surface area contributed by atoms with E-state index >= 15 is 0 Å². The van der Waals surface area contributed by atoms with Gasteiger partial charge < -0.3 is 11.1 Å². The maximum Gasteiger partial charge on any atom is 0.231 e. The fraction of sp³-hybridized carbons (Fsp3) is 0.571. The SMILES string of the molecule is C#CCC(C)NCC(N)=O. The van der Waals surface area contributed by atoms with Crippen LogP contribution in [0.1, 0.15) is 13.3 Å². The predicted octanol–water partition coefficient (Wildman–Crippen LogP) is -0.527. The molecule has 0 aromatic rings. The molecule has 0 aliphatic rings. The maximum atomic E-state index is 10.2. The number of hydrogen-bond donors (Lipinski definition) is 2. The molecule has 1 amide bonds. The summed E-state index contributed by atoms with van der Waals surface area (Å²) in [6.45, 7) is 2.10. The third-order valence-corrected chi connectivity index (χ3v) is 1.05. The van der Waals surface area contributed by atoms with Crippen LogP contribution >= 0.6 is 0 Å². The van der Waals surface area contributed by atoms with Gasteiger partial charge in [-0.1, -0.05) is 0 Å². The zero-order chi connectivity index (χ0) is 7.98. The summed E-state index contributed by atoms with van der Waals surface area (Å²) >= 11 is 0. The normalized spacial score (nSPS) is 12.0. The second-order valence-electron chi connectivity index (χ2n) is 2.16. The highest BCUT2D eigenvalue weighted by atomic mass is 16.1. The van der Waals surface area contributed by atoms with E-state index in [9.17, 15) is 4.79 Å². The van der Waals surface area contributed by atoms with Crippen molar-refractivity contribution in [1.82, 2.24) is 5.32 Å². The number of carbonyl (C=O) groups excluding carboxylic acids is 1. The van der Waals surface area contributed by atoms with Gasteiger partial charge in [0.15, 0.2) is 0 Å². The molecule has 0 fully saturated rings. The Balaban J connectivity index is 3.32. The van der Waals surface area contributed by atoms with Crippen molar-refractivity contribution in [3.63, 3.8) is 0 Å². The van der Waals surface area contributed by atoms with E-state index in [1.54, 1.807) is 0 Å². The van der Waals surface area contributed by atoms with Crippen LogP contribution in [-0.2, 0) is 4.79 Å². The van der Waals surface area contributed by atoms with Gasteiger partial charge in [-0.25, -0.2) is 0 Å². The third kappa shape index (κ3) is 5.13. The van der Waals surface area contributed by atoms with Gasteiger partial charge in [-0.05, 0) is 6.92 Å². The zero-order valence-corrected chi connectivity index (χ0v) is 6.05. The molecule has 0 radical (unpaired) electrons. The quantitative estimate of drug-likeness (QED) is 0.516. The number of hydrogen-bond acceptors (Lipinski definition) is 2. The summed E-state index contributed by atoms with van der Waals surface area (Å²) in [5.74, 6) is 2.12. The molecule has 0 aromatic carbocycles. The molecule has 0 aliphatic carbocycles. The maximum absolute atomic E-state index is 10.2. The smallest absolute Gasteiger partial charge is 0.231 e. The summed E-state index contributed by atoms with van der Waals surface area (Å²) in [5, 5.41) is 2.87. The van der Waals surface area contributed by atoms with E-state index < -0.39 is 0 Å². The molecule has 0 rings (SSSR count). The number of amides is 1. The average molecular weight is 140 g/mol. The Morgan fingerprint density at radius 1 is 1.90 bits per heavy atom. The number of nitrogens with two attached hydrogens (primary N) is 1. The highest BCUT2D eigenvalue weighted by Crippen LogP contribution is 1.85. The van der Waals surface area contributed by atoms with E-state index in [2.05, 4.69) is 11.2 Å². The molecule has 0 aromatic heterocycles. The third-order valence-electron chi connectivity index (χ3n) is 1.05. The molecule has 56 valence electrons. The minimum atomic E-state index is -0.358. The molecule has 3 heteroatoms. The van der Waals surface area contributed by atoms with Crippen LogP contribution < -0.4 is 11.1 Å². The van der Waals surface area contributed by atoms with E-state index in [0.29, 0.717) is 6.42 Å². The molecule has 0 bridgehead atoms. The highest BCUT2D eigenvalue weighted by Gasteiger charge is 1.99. The van der Waals surface area contributed by atoms with Crippen molar-refractivity contribution < 1.29 is 4.79 Å². The molecule has 10 heavy (non-hydrogen) atoms. The Hall–Kier alpha value is -1.01. The Morgan fingerprint density at radius 3 is 2.90 bits per heavy atom. The summed E-state index contributed by atoms with van der Waals surface area (Å²) in [4.78, 5) is 10.2. The number of rotatable bonds is 4. The molecular formula is C7H12N2O. The summed E-state index contributed by atoms with van der Waals surface area (Å²) in [6, 6.07) is 0.164. The van der Waals surface area contributed by atoms with Crippen LogP contribution in [0, 0.1) is 12.3 Å². The number of nitrogens with one attached hydrogen (secondary N) is 1. The Bertz CT molecular complexity index is 148. The first-order chi connectivity index (χ1) is 4.66. The topological polar surface area (TPSA) is 55.1 Å². The van der Waals surface area contributed by atoms with Gasteiger partial charge in [0.25, 0.3) is 0 Å². The van der Waals surface area contributed by atoms with E-state index in [-0.39, 0.29) is 18.5 Å². The number of primary amides is 1. The van der Waals surface area contributed by atoms with Crippen molar-refractivity contribution in [3.05, 3.63) is 0 Å². The van der Waals surface area contributed by atoms with Crippen LogP contribution in [0.25, 0.3) is 0 Å². The highest BCUT2D eigenvalue weighted by molar-refractivity contribution is 5.75. The molecule has 1 atom stereocenters. The largest absolute Gasteiger partial charge is 0.369 e. The van der Waals surface area contributed by atoms with Crippen molar-refractivity contribution in [2.24, 2.45) is 5.73 Å². The lowest BCUT2D eigenvalue weighted by Gasteiger charge is -2.07. The van der Waals surface area contributed by atoms with Crippen molar-refractivity contribution in [1.29, 1.82) is 0 Å². The summed E-state index contributed by atoms with van der Waals surface area (Å²) in [6.07, 6.45) is 5.65. The van der Waals surface area contributed by atoms with E-state index in [1.807, 2.05) is 6.92 Å². The minimum absolute atomic E-state index is 0.164. The van der Waals surface area contributed by atoms with Crippen molar-refractivity contribution in [2.75, 3.05) is 6.54 Å². The van der Waals surface area contributed by atoms with Gasteiger partial charge in [-0.3, -0.25) is 4.79 Å². The molecule has 3 nitrogen and oxygen atoms in total. The van der Waals surface area contributed by atoms with E-state index in [1.165, 1.54) is 0 Å². The van der Waals surface area contributed by atoms with Gasteiger partial charge in [0.05, 0.1) is 6.54 Å². The van der Waals surface area contributed by atoms with Gasteiger partial charge in [-0.2, -0.15) is 0 Å². The lowest BCUT2D eigenvalue weighted by Crippen LogP contribution is -2.34. The van der Waals surface area contributed by atoms with E-state index in [0.717, 1.165) is 0 Å². The van der Waals surface area contributed by atoms with Crippen molar-refractivity contribution >= 4 is 5.91 Å². The van der Waals surface area contributed by atoms with Crippen molar-refractivity contribution in [3.8, 4) is 12.3 Å². The second kappa shape index (κ2) is 4.83. The molecule has 0 heterocycles. The van der Waals surface area contributed by atoms with Crippen LogP contribution in [0.3, 0.4) is 0 Å². The first kappa shape index (κ1) is 8.99. The Morgan fingerprint density at radius 2 is 2.50 bits per heavy atom. The molecule has 0 aliphatic heterocycles. The summed E-state index contributed by atoms with van der Waals surface area (Å²) < 4.78 is 0. The average Bonchev–Trinajstić information content (AvgIpc) is 1.85. The number of carbonyl (C=O) groups is 1. The van der Waals surface area contributed by atoms with Gasteiger partial charge in [0.1, 0.15) is 0 Å². The molecule has 3 N–H and O–H groups in total. The molecule has 0 saturated carbocycles. The lowest BCUT2D eigenvalue weighted by atomic mass is 10.2. The van der Waals surface area contributed by atoms with Gasteiger partial charge in [0, 0.05) is 12.5 Å². The fourth-order valence-electron chi connectivity index (χ4n) is 0.524. The molecule has 0 spiro atoms. The Labute approximate surface area is 61.0 Å². The lowest BCUT2D eigenvalue weighted by molar-refractivity contribution is -0.117. The standard InChI is InChI=1S/C7H12N2O/c1-3-4-6(2)9-5-7(8)10/h1,6,9H,4-5H2,2H3,(H2,8,10). The summed E-state index contributed by atoms with van der Waals surface area (Å²) in [7, 11) is 0. The number of terminal acetylenes is 1. The molecule has 0 saturated heterocycles. The first-order valence-electron chi connectivity index (χ1n) is 3.12. The van der Waals surface area contributed by atoms with Crippen molar-refractivity contribution in [2.45, 2.75) is 19.4 Å². The van der Waals surface area contributed by atoms with Crippen LogP contribution in [0.4, 0.5) is 0 Å². The van der Waals surface area contributed by atoms with Gasteiger partial charge in [0.2, 0.25) is 5.91 Å². The van der Waals surface area contributed by atoms with Crippen LogP contribution in [0.2, 0.25) is 0 Å². The second-order valence-corrected chi connectivity index (χ2v) is 2.16.